The molecule has 0 aliphatic heterocycles. The van der Waals surface area contributed by atoms with Crippen LogP contribution in [0.25, 0.3) is 6.08 Å². The topological polar surface area (TPSA) is 54.4 Å². The molecule has 0 spiro atoms. The number of carboxylic acid groups (broad SMARTS) is 1. The molecule has 1 aromatic carbocycles. The van der Waals surface area contributed by atoms with Gasteiger partial charge in [-0.3, -0.25) is 4.79 Å². The predicted octanol–water partition coefficient (Wildman–Crippen LogP) is 2.13. The van der Waals surface area contributed by atoms with Crippen LogP contribution in [0.1, 0.15) is 18.9 Å². The number of rotatable bonds is 4. The van der Waals surface area contributed by atoms with Crippen LogP contribution in [-0.2, 0) is 9.59 Å². The van der Waals surface area contributed by atoms with Crippen molar-refractivity contribution in [2.75, 3.05) is 0 Å². The molecule has 0 fully saturated rings. The van der Waals surface area contributed by atoms with Gasteiger partial charge in [-0.05, 0) is 12.5 Å². The normalized spacial score (nSPS) is 11.1. The van der Waals surface area contributed by atoms with E-state index in [-0.39, 0.29) is 6.42 Å². The van der Waals surface area contributed by atoms with E-state index in [0.717, 1.165) is 11.1 Å². The lowest BCUT2D eigenvalue weighted by molar-refractivity contribution is -0.148. The second kappa shape index (κ2) is 5.10. The van der Waals surface area contributed by atoms with E-state index in [4.69, 9.17) is 5.11 Å². The number of aliphatic carboxylic acids is 1. The van der Waals surface area contributed by atoms with Crippen molar-refractivity contribution in [2.24, 2.45) is 0 Å². The number of ketones is 1. The highest BCUT2D eigenvalue weighted by molar-refractivity contribution is 6.33. The Kier molecular flexibility index (Phi) is 3.80. The molecule has 1 N–H and O–H groups in total. The van der Waals surface area contributed by atoms with E-state index in [9.17, 15) is 9.59 Å². The monoisotopic (exact) mass is 204 g/mol. The maximum atomic E-state index is 10.9. The van der Waals surface area contributed by atoms with Gasteiger partial charge in [0.15, 0.2) is 0 Å². The molecule has 0 aliphatic rings. The molecule has 0 unspecified atom stereocenters. The van der Waals surface area contributed by atoms with Crippen LogP contribution >= 0.6 is 0 Å². The van der Waals surface area contributed by atoms with Crippen LogP contribution in [0.3, 0.4) is 0 Å². The summed E-state index contributed by atoms with van der Waals surface area (Å²) in [5.41, 5.74) is 1.71. The first kappa shape index (κ1) is 11.2. The SMILES string of the molecule is C/C(=C\c1ccccc1)CC(=O)C(=O)O. The van der Waals surface area contributed by atoms with Gasteiger partial charge < -0.3 is 5.11 Å². The fourth-order valence-electron chi connectivity index (χ4n) is 1.21. The van der Waals surface area contributed by atoms with Crippen LogP contribution in [0.15, 0.2) is 35.9 Å². The summed E-state index contributed by atoms with van der Waals surface area (Å²) < 4.78 is 0. The molecule has 0 saturated carbocycles. The Morgan fingerprint density at radius 1 is 1.27 bits per heavy atom. The molecule has 3 nitrogen and oxygen atoms in total. The van der Waals surface area contributed by atoms with Gasteiger partial charge in [0, 0.05) is 6.42 Å². The van der Waals surface area contributed by atoms with E-state index < -0.39 is 11.8 Å². The molecule has 1 rings (SSSR count). The zero-order valence-electron chi connectivity index (χ0n) is 8.43. The van der Waals surface area contributed by atoms with Crippen LogP contribution in [0.2, 0.25) is 0 Å². The molecule has 0 heterocycles. The average molecular weight is 204 g/mol. The van der Waals surface area contributed by atoms with E-state index in [1.165, 1.54) is 0 Å². The number of carboxylic acids is 1. The second-order valence-electron chi connectivity index (χ2n) is 3.31. The Bertz CT molecular complexity index is 391. The Hall–Kier alpha value is -1.90. The first-order chi connectivity index (χ1) is 7.09. The Labute approximate surface area is 88.0 Å². The third-order valence-corrected chi connectivity index (χ3v) is 1.89. The second-order valence-corrected chi connectivity index (χ2v) is 3.31. The lowest BCUT2D eigenvalue weighted by Gasteiger charge is -1.98. The predicted molar refractivity (Wildman–Crippen MR) is 57.4 cm³/mol. The van der Waals surface area contributed by atoms with Crippen LogP contribution in [-0.4, -0.2) is 16.9 Å². The van der Waals surface area contributed by atoms with E-state index in [2.05, 4.69) is 0 Å². The zero-order chi connectivity index (χ0) is 11.3. The van der Waals surface area contributed by atoms with Gasteiger partial charge in [-0.1, -0.05) is 42.0 Å². The molecule has 3 heteroatoms. The third kappa shape index (κ3) is 3.77. The first-order valence-electron chi connectivity index (χ1n) is 4.58. The van der Waals surface area contributed by atoms with Gasteiger partial charge in [0.25, 0.3) is 0 Å². The number of carbonyl (C=O) groups is 2. The number of allylic oxidation sites excluding steroid dienone is 1. The standard InChI is InChI=1S/C12H12O3/c1-9(8-11(13)12(14)15)7-10-5-3-2-4-6-10/h2-7H,8H2,1H3,(H,14,15)/b9-7+. The summed E-state index contributed by atoms with van der Waals surface area (Å²) in [6.45, 7) is 1.74. The van der Waals surface area contributed by atoms with Crippen molar-refractivity contribution < 1.29 is 14.7 Å². The highest BCUT2D eigenvalue weighted by atomic mass is 16.4. The van der Waals surface area contributed by atoms with Crippen molar-refractivity contribution in [1.82, 2.24) is 0 Å². The van der Waals surface area contributed by atoms with Crippen LogP contribution in [0, 0.1) is 0 Å². The summed E-state index contributed by atoms with van der Waals surface area (Å²) in [6, 6.07) is 9.47. The first-order valence-corrected chi connectivity index (χ1v) is 4.58. The van der Waals surface area contributed by atoms with Crippen molar-refractivity contribution in [2.45, 2.75) is 13.3 Å². The molecular formula is C12H12O3. The highest BCUT2D eigenvalue weighted by Crippen LogP contribution is 2.09. The average Bonchev–Trinajstić information content (AvgIpc) is 2.18. The van der Waals surface area contributed by atoms with Crippen LogP contribution in [0.5, 0.6) is 0 Å². The van der Waals surface area contributed by atoms with Gasteiger partial charge in [0.05, 0.1) is 0 Å². The molecule has 0 bridgehead atoms. The number of Topliss-reactive ketones (excluding diaryl/α,β-unsaturated/α-hetero) is 1. The summed E-state index contributed by atoms with van der Waals surface area (Å²) in [5.74, 6) is -2.16. The maximum Gasteiger partial charge on any atom is 0.372 e. The molecule has 1 aromatic rings. The minimum atomic E-state index is -1.38. The number of benzene rings is 1. The van der Waals surface area contributed by atoms with Crippen molar-refractivity contribution in [3.8, 4) is 0 Å². The third-order valence-electron chi connectivity index (χ3n) is 1.89. The zero-order valence-corrected chi connectivity index (χ0v) is 8.43. The van der Waals surface area contributed by atoms with Gasteiger partial charge >= 0.3 is 5.97 Å². The van der Waals surface area contributed by atoms with Gasteiger partial charge in [-0.15, -0.1) is 0 Å². The van der Waals surface area contributed by atoms with Crippen LogP contribution < -0.4 is 0 Å². The molecule has 0 aliphatic carbocycles. The van der Waals surface area contributed by atoms with E-state index in [0.29, 0.717) is 0 Å². The molecule has 0 amide bonds. The molecule has 15 heavy (non-hydrogen) atoms. The lowest BCUT2D eigenvalue weighted by Crippen LogP contribution is -2.12. The van der Waals surface area contributed by atoms with E-state index in [1.807, 2.05) is 30.3 Å². The van der Waals surface area contributed by atoms with E-state index in [1.54, 1.807) is 13.0 Å². The molecular weight excluding hydrogens is 192 g/mol. The van der Waals surface area contributed by atoms with Crippen molar-refractivity contribution in [3.05, 3.63) is 41.5 Å². The van der Waals surface area contributed by atoms with Crippen molar-refractivity contribution in [3.63, 3.8) is 0 Å². The summed E-state index contributed by atoms with van der Waals surface area (Å²) >= 11 is 0. The van der Waals surface area contributed by atoms with Gasteiger partial charge in [-0.2, -0.15) is 0 Å². The molecule has 0 saturated heterocycles. The number of carbonyl (C=O) groups excluding carboxylic acids is 1. The molecule has 0 aromatic heterocycles. The highest BCUT2D eigenvalue weighted by Gasteiger charge is 2.11. The Morgan fingerprint density at radius 2 is 1.87 bits per heavy atom. The minimum Gasteiger partial charge on any atom is -0.475 e. The summed E-state index contributed by atoms with van der Waals surface area (Å²) in [5, 5.41) is 8.42. The molecule has 78 valence electrons. The summed E-state index contributed by atoms with van der Waals surface area (Å²) in [6.07, 6.45) is 1.77. The van der Waals surface area contributed by atoms with Crippen molar-refractivity contribution >= 4 is 17.8 Å². The van der Waals surface area contributed by atoms with E-state index >= 15 is 0 Å². The molecule has 0 radical (unpaired) electrons. The summed E-state index contributed by atoms with van der Waals surface area (Å²) in [4.78, 5) is 21.2. The minimum absolute atomic E-state index is 0.0375. The quantitative estimate of drug-likeness (QED) is 0.764. The van der Waals surface area contributed by atoms with Crippen molar-refractivity contribution in [1.29, 1.82) is 0 Å². The largest absolute Gasteiger partial charge is 0.475 e. The Balaban J connectivity index is 2.69. The van der Waals surface area contributed by atoms with Gasteiger partial charge in [0.1, 0.15) is 0 Å². The fraction of sp³-hybridized carbons (Fsp3) is 0.167. The van der Waals surface area contributed by atoms with Crippen LogP contribution in [0.4, 0.5) is 0 Å². The van der Waals surface area contributed by atoms with Gasteiger partial charge in [-0.25, -0.2) is 4.79 Å². The lowest BCUT2D eigenvalue weighted by atomic mass is 10.1. The fourth-order valence-corrected chi connectivity index (χ4v) is 1.21. The number of hydrogen-bond acceptors (Lipinski definition) is 2. The summed E-state index contributed by atoms with van der Waals surface area (Å²) in [7, 11) is 0. The smallest absolute Gasteiger partial charge is 0.372 e. The Morgan fingerprint density at radius 3 is 2.40 bits per heavy atom. The molecule has 0 atom stereocenters. The maximum absolute atomic E-state index is 10.9. The van der Waals surface area contributed by atoms with Gasteiger partial charge in [0.2, 0.25) is 5.78 Å². The number of hydrogen-bond donors (Lipinski definition) is 1.